The van der Waals surface area contributed by atoms with E-state index in [2.05, 4.69) is 22.0 Å². The molecule has 154 valence electrons. The van der Waals surface area contributed by atoms with Crippen LogP contribution in [0.4, 0.5) is 0 Å². The third-order valence-electron chi connectivity index (χ3n) is 6.10. The summed E-state index contributed by atoms with van der Waals surface area (Å²) in [5.74, 6) is 1.73. The quantitative estimate of drug-likeness (QED) is 0.675. The molecule has 1 aromatic carbocycles. The normalized spacial score (nSPS) is 23.9. The van der Waals surface area contributed by atoms with Crippen molar-refractivity contribution >= 4 is 5.91 Å². The number of methoxy groups -OCH3 is 1. The van der Waals surface area contributed by atoms with Gasteiger partial charge in [-0.15, -0.1) is 0 Å². The molecule has 0 spiro atoms. The summed E-state index contributed by atoms with van der Waals surface area (Å²) in [6, 6.07) is 13.7. The van der Waals surface area contributed by atoms with Crippen molar-refractivity contribution in [2.24, 2.45) is 11.8 Å². The molecule has 2 aliphatic heterocycles. The number of aromatic nitrogens is 1. The van der Waals surface area contributed by atoms with Crippen molar-refractivity contribution in [2.75, 3.05) is 46.5 Å². The van der Waals surface area contributed by atoms with Gasteiger partial charge in [0.15, 0.2) is 0 Å². The number of carbonyl (C=O) groups is 1. The molecular weight excluding hydrogens is 366 g/mol. The molecule has 3 atom stereocenters. The van der Waals surface area contributed by atoms with Crippen LogP contribution in [0.2, 0.25) is 0 Å². The summed E-state index contributed by atoms with van der Waals surface area (Å²) in [6.07, 6.45) is 1.68. The molecule has 29 heavy (non-hydrogen) atoms. The van der Waals surface area contributed by atoms with Crippen LogP contribution in [0.3, 0.4) is 0 Å². The molecule has 0 unspecified atom stereocenters. The largest absolute Gasteiger partial charge is 0.497 e. The van der Waals surface area contributed by atoms with Crippen molar-refractivity contribution in [2.45, 2.75) is 13.0 Å². The summed E-state index contributed by atoms with van der Waals surface area (Å²) in [5, 5.41) is 0. The van der Waals surface area contributed by atoms with E-state index >= 15 is 0 Å². The zero-order valence-electron chi connectivity index (χ0n) is 17.2. The molecule has 2 aliphatic rings. The number of likely N-dealkylation sites (tertiary alicyclic amines) is 2. The van der Waals surface area contributed by atoms with Gasteiger partial charge < -0.3 is 19.3 Å². The standard InChI is InChI=1S/C23H29N3O3/c1-3-29-13-12-25-14-18-15-26(23(27)21-6-4-5-11-24-21)22(20(18)16-25)17-7-9-19(28-2)10-8-17/h4-11,18,20,22H,3,12-16H2,1-2H3/t18-,20-,22-/m0/s1. The van der Waals surface area contributed by atoms with Gasteiger partial charge in [0.25, 0.3) is 5.91 Å². The number of fused-ring (bicyclic) bond motifs is 1. The van der Waals surface area contributed by atoms with Gasteiger partial charge in [-0.1, -0.05) is 18.2 Å². The number of hydrogen-bond acceptors (Lipinski definition) is 5. The first-order chi connectivity index (χ1) is 14.2. The van der Waals surface area contributed by atoms with E-state index < -0.39 is 0 Å². The maximum absolute atomic E-state index is 13.3. The van der Waals surface area contributed by atoms with E-state index in [0.29, 0.717) is 17.5 Å². The van der Waals surface area contributed by atoms with Crippen LogP contribution in [-0.4, -0.2) is 67.2 Å². The van der Waals surface area contributed by atoms with Gasteiger partial charge in [0.2, 0.25) is 0 Å². The Balaban J connectivity index is 1.58. The summed E-state index contributed by atoms with van der Waals surface area (Å²) < 4.78 is 10.9. The van der Waals surface area contributed by atoms with Crippen LogP contribution in [0.5, 0.6) is 5.75 Å². The molecule has 3 heterocycles. The van der Waals surface area contributed by atoms with Crippen molar-refractivity contribution in [3.05, 3.63) is 59.9 Å². The molecule has 2 aromatic rings. The second kappa shape index (κ2) is 8.93. The fourth-order valence-corrected chi connectivity index (χ4v) is 4.73. The van der Waals surface area contributed by atoms with E-state index in [-0.39, 0.29) is 11.9 Å². The molecule has 6 heteroatoms. The minimum absolute atomic E-state index is 0.0154. The van der Waals surface area contributed by atoms with Gasteiger partial charge in [0.05, 0.1) is 19.8 Å². The molecule has 0 aliphatic carbocycles. The minimum Gasteiger partial charge on any atom is -0.497 e. The molecule has 0 saturated carbocycles. The highest BCUT2D eigenvalue weighted by Gasteiger charge is 2.49. The lowest BCUT2D eigenvalue weighted by Gasteiger charge is -2.30. The molecule has 1 amide bonds. The monoisotopic (exact) mass is 395 g/mol. The molecule has 2 fully saturated rings. The Morgan fingerprint density at radius 1 is 1.14 bits per heavy atom. The highest BCUT2D eigenvalue weighted by Crippen LogP contribution is 2.45. The van der Waals surface area contributed by atoms with Crippen LogP contribution in [0.1, 0.15) is 29.0 Å². The van der Waals surface area contributed by atoms with Crippen LogP contribution in [0.25, 0.3) is 0 Å². The van der Waals surface area contributed by atoms with E-state index in [9.17, 15) is 4.79 Å². The minimum atomic E-state index is 0.0154. The van der Waals surface area contributed by atoms with E-state index in [0.717, 1.165) is 50.7 Å². The van der Waals surface area contributed by atoms with Crippen LogP contribution >= 0.6 is 0 Å². The van der Waals surface area contributed by atoms with Crippen molar-refractivity contribution in [3.63, 3.8) is 0 Å². The average molecular weight is 396 g/mol. The SMILES string of the molecule is CCOCCN1C[C@H]2CN(C(=O)c3ccccn3)[C@@H](c3ccc(OC)cc3)[C@H]2C1. The molecule has 0 N–H and O–H groups in total. The van der Waals surface area contributed by atoms with Crippen LogP contribution in [0.15, 0.2) is 48.7 Å². The first-order valence-electron chi connectivity index (χ1n) is 10.4. The van der Waals surface area contributed by atoms with Gasteiger partial charge in [-0.3, -0.25) is 9.78 Å². The van der Waals surface area contributed by atoms with Gasteiger partial charge in [0.1, 0.15) is 11.4 Å². The molecular formula is C23H29N3O3. The van der Waals surface area contributed by atoms with Gasteiger partial charge in [0, 0.05) is 44.9 Å². The predicted molar refractivity (Wildman–Crippen MR) is 111 cm³/mol. The Morgan fingerprint density at radius 3 is 2.66 bits per heavy atom. The van der Waals surface area contributed by atoms with E-state index in [1.807, 2.05) is 36.1 Å². The first-order valence-corrected chi connectivity index (χ1v) is 10.4. The summed E-state index contributed by atoms with van der Waals surface area (Å²) in [7, 11) is 1.67. The Labute approximate surface area is 172 Å². The molecule has 1 aromatic heterocycles. The molecule has 0 radical (unpaired) electrons. The second-order valence-corrected chi connectivity index (χ2v) is 7.77. The summed E-state index contributed by atoms with van der Waals surface area (Å²) >= 11 is 0. The maximum atomic E-state index is 13.3. The average Bonchev–Trinajstić information content (AvgIpc) is 3.31. The van der Waals surface area contributed by atoms with Gasteiger partial charge >= 0.3 is 0 Å². The first kappa shape index (κ1) is 19.9. The highest BCUT2D eigenvalue weighted by molar-refractivity contribution is 5.92. The van der Waals surface area contributed by atoms with Crippen LogP contribution in [0, 0.1) is 11.8 Å². The van der Waals surface area contributed by atoms with Crippen molar-refractivity contribution < 1.29 is 14.3 Å². The zero-order chi connectivity index (χ0) is 20.2. The number of hydrogen-bond donors (Lipinski definition) is 0. The summed E-state index contributed by atoms with van der Waals surface area (Å²) in [4.78, 5) is 22.1. The maximum Gasteiger partial charge on any atom is 0.272 e. The Bertz CT molecular complexity index is 812. The lowest BCUT2D eigenvalue weighted by atomic mass is 9.89. The third kappa shape index (κ3) is 4.14. The number of benzene rings is 1. The summed E-state index contributed by atoms with van der Waals surface area (Å²) in [6.45, 7) is 7.25. The zero-order valence-corrected chi connectivity index (χ0v) is 17.2. The lowest BCUT2D eigenvalue weighted by Crippen LogP contribution is -2.36. The van der Waals surface area contributed by atoms with Gasteiger partial charge in [-0.05, 0) is 42.7 Å². The van der Waals surface area contributed by atoms with Crippen LogP contribution < -0.4 is 4.74 Å². The Kier molecular flexibility index (Phi) is 6.11. The molecule has 6 nitrogen and oxygen atoms in total. The number of ether oxygens (including phenoxy) is 2. The Hall–Kier alpha value is -2.44. The fourth-order valence-electron chi connectivity index (χ4n) is 4.73. The van der Waals surface area contributed by atoms with Gasteiger partial charge in [-0.2, -0.15) is 0 Å². The molecule has 4 rings (SSSR count). The van der Waals surface area contributed by atoms with E-state index in [1.54, 1.807) is 19.4 Å². The predicted octanol–water partition coefficient (Wildman–Crippen LogP) is 2.87. The smallest absolute Gasteiger partial charge is 0.272 e. The fraction of sp³-hybridized carbons (Fsp3) is 0.478. The van der Waals surface area contributed by atoms with Crippen molar-refractivity contribution in [1.82, 2.24) is 14.8 Å². The number of rotatable bonds is 7. The van der Waals surface area contributed by atoms with Crippen molar-refractivity contribution in [1.29, 1.82) is 0 Å². The number of carbonyl (C=O) groups excluding carboxylic acids is 1. The molecule has 2 saturated heterocycles. The Morgan fingerprint density at radius 2 is 1.97 bits per heavy atom. The molecule has 0 bridgehead atoms. The number of pyridine rings is 1. The van der Waals surface area contributed by atoms with Crippen molar-refractivity contribution in [3.8, 4) is 5.75 Å². The number of nitrogens with zero attached hydrogens (tertiary/aromatic N) is 3. The third-order valence-corrected chi connectivity index (χ3v) is 6.10. The van der Waals surface area contributed by atoms with Gasteiger partial charge in [-0.25, -0.2) is 0 Å². The topological polar surface area (TPSA) is 54.9 Å². The van der Waals surface area contributed by atoms with E-state index in [4.69, 9.17) is 9.47 Å². The summed E-state index contributed by atoms with van der Waals surface area (Å²) in [5.41, 5.74) is 1.67. The second-order valence-electron chi connectivity index (χ2n) is 7.77. The van der Waals surface area contributed by atoms with Crippen LogP contribution in [-0.2, 0) is 4.74 Å². The van der Waals surface area contributed by atoms with E-state index in [1.165, 1.54) is 0 Å². The lowest BCUT2D eigenvalue weighted by molar-refractivity contribution is 0.0683. The number of amides is 1. The highest BCUT2D eigenvalue weighted by atomic mass is 16.5.